The molecule has 0 radical (unpaired) electrons. The molecule has 7 heteroatoms. The molecule has 1 amide bonds. The maximum Gasteiger partial charge on any atom is 0.246 e. The van der Waals surface area contributed by atoms with Gasteiger partial charge in [-0.2, -0.15) is 0 Å². The highest BCUT2D eigenvalue weighted by atomic mass is 16.6. The van der Waals surface area contributed by atoms with Crippen LogP contribution in [0.3, 0.4) is 0 Å². The van der Waals surface area contributed by atoms with Gasteiger partial charge in [0.1, 0.15) is 25.5 Å². The van der Waals surface area contributed by atoms with Gasteiger partial charge in [-0.3, -0.25) is 4.79 Å². The Kier molecular flexibility index (Phi) is 4.24. The summed E-state index contributed by atoms with van der Waals surface area (Å²) in [6.07, 6.45) is 0. The number of benzene rings is 1. The lowest BCUT2D eigenvalue weighted by atomic mass is 10.1. The number of carbonyl (C=O) groups is 1. The van der Waals surface area contributed by atoms with Gasteiger partial charge in [-0.1, -0.05) is 5.16 Å². The number of aromatic nitrogens is 1. The third-order valence-corrected chi connectivity index (χ3v) is 3.13. The summed E-state index contributed by atoms with van der Waals surface area (Å²) < 4.78 is 21.1. The SMILES string of the molecule is COCC(=O)NCc1cc(-c2ccc3c(c2)OCCO3)on1. The normalized spacial score (nSPS) is 13.0. The fourth-order valence-electron chi connectivity index (χ4n) is 2.10. The largest absolute Gasteiger partial charge is 0.486 e. The topological polar surface area (TPSA) is 82.8 Å². The monoisotopic (exact) mass is 304 g/mol. The number of hydrogen-bond acceptors (Lipinski definition) is 6. The molecule has 1 aliphatic heterocycles. The zero-order chi connectivity index (χ0) is 15.4. The first kappa shape index (κ1) is 14.4. The lowest BCUT2D eigenvalue weighted by Gasteiger charge is -2.18. The summed E-state index contributed by atoms with van der Waals surface area (Å²) in [6, 6.07) is 7.34. The molecule has 1 aliphatic rings. The molecule has 0 unspecified atom stereocenters. The van der Waals surface area contributed by atoms with Crippen molar-refractivity contribution in [1.82, 2.24) is 10.5 Å². The first-order chi connectivity index (χ1) is 10.8. The highest BCUT2D eigenvalue weighted by Crippen LogP contribution is 2.34. The van der Waals surface area contributed by atoms with Crippen molar-refractivity contribution in [3.8, 4) is 22.8 Å². The molecular formula is C15H16N2O5. The molecule has 0 saturated heterocycles. The fourth-order valence-corrected chi connectivity index (χ4v) is 2.10. The van der Waals surface area contributed by atoms with Gasteiger partial charge in [0.25, 0.3) is 0 Å². The molecule has 116 valence electrons. The molecule has 2 aromatic rings. The van der Waals surface area contributed by atoms with E-state index < -0.39 is 0 Å². The standard InChI is InChI=1S/C15H16N2O5/c1-19-9-15(18)16-8-11-7-13(22-17-11)10-2-3-12-14(6-10)21-5-4-20-12/h2-3,6-7H,4-5,8-9H2,1H3,(H,16,18). The van der Waals surface area contributed by atoms with Gasteiger partial charge < -0.3 is 24.1 Å². The number of amides is 1. The summed E-state index contributed by atoms with van der Waals surface area (Å²) in [4.78, 5) is 11.3. The van der Waals surface area contributed by atoms with Crippen LogP contribution < -0.4 is 14.8 Å². The van der Waals surface area contributed by atoms with Crippen molar-refractivity contribution in [2.24, 2.45) is 0 Å². The molecule has 22 heavy (non-hydrogen) atoms. The number of hydrogen-bond donors (Lipinski definition) is 1. The number of carbonyl (C=O) groups excluding carboxylic acids is 1. The summed E-state index contributed by atoms with van der Waals surface area (Å²) >= 11 is 0. The Morgan fingerprint density at radius 3 is 2.91 bits per heavy atom. The molecule has 0 aliphatic carbocycles. The molecule has 0 spiro atoms. The van der Waals surface area contributed by atoms with E-state index in [2.05, 4.69) is 10.5 Å². The van der Waals surface area contributed by atoms with E-state index in [-0.39, 0.29) is 19.1 Å². The predicted octanol–water partition coefficient (Wildman–Crippen LogP) is 1.38. The summed E-state index contributed by atoms with van der Waals surface area (Å²) in [7, 11) is 1.47. The van der Waals surface area contributed by atoms with E-state index in [0.717, 1.165) is 11.3 Å². The van der Waals surface area contributed by atoms with Gasteiger partial charge in [0.05, 0.1) is 6.54 Å². The number of ether oxygens (including phenoxy) is 3. The maximum atomic E-state index is 11.3. The molecule has 2 heterocycles. The Morgan fingerprint density at radius 1 is 1.27 bits per heavy atom. The zero-order valence-electron chi connectivity index (χ0n) is 12.1. The second-order valence-electron chi connectivity index (χ2n) is 4.75. The van der Waals surface area contributed by atoms with E-state index in [4.69, 9.17) is 18.7 Å². The first-order valence-corrected chi connectivity index (χ1v) is 6.87. The van der Waals surface area contributed by atoms with Gasteiger partial charge in [0.2, 0.25) is 5.91 Å². The van der Waals surface area contributed by atoms with Gasteiger partial charge >= 0.3 is 0 Å². The minimum absolute atomic E-state index is 0.0207. The Bertz CT molecular complexity index is 668. The highest BCUT2D eigenvalue weighted by molar-refractivity contribution is 5.77. The van der Waals surface area contributed by atoms with Crippen LogP contribution in [-0.2, 0) is 16.1 Å². The molecule has 0 fully saturated rings. The van der Waals surface area contributed by atoms with Gasteiger partial charge in [-0.25, -0.2) is 0 Å². The molecule has 1 aromatic heterocycles. The average Bonchev–Trinajstić information content (AvgIpc) is 3.02. The molecule has 0 saturated carbocycles. The van der Waals surface area contributed by atoms with Crippen molar-refractivity contribution < 1.29 is 23.5 Å². The summed E-state index contributed by atoms with van der Waals surface area (Å²) in [5.41, 5.74) is 1.47. The van der Waals surface area contributed by atoms with Crippen molar-refractivity contribution in [3.05, 3.63) is 30.0 Å². The molecular weight excluding hydrogens is 288 g/mol. The van der Waals surface area contributed by atoms with E-state index in [1.165, 1.54) is 7.11 Å². The van der Waals surface area contributed by atoms with Gasteiger partial charge in [0, 0.05) is 18.7 Å². The average molecular weight is 304 g/mol. The third kappa shape index (κ3) is 3.20. The van der Waals surface area contributed by atoms with Crippen molar-refractivity contribution in [2.75, 3.05) is 26.9 Å². The quantitative estimate of drug-likeness (QED) is 0.898. The van der Waals surface area contributed by atoms with E-state index >= 15 is 0 Å². The number of methoxy groups -OCH3 is 1. The molecule has 0 bridgehead atoms. The van der Waals surface area contributed by atoms with Crippen LogP contribution in [0.25, 0.3) is 11.3 Å². The maximum absolute atomic E-state index is 11.3. The number of nitrogens with zero attached hydrogens (tertiary/aromatic N) is 1. The molecule has 7 nitrogen and oxygen atoms in total. The van der Waals surface area contributed by atoms with Crippen LogP contribution in [0, 0.1) is 0 Å². The Hall–Kier alpha value is -2.54. The second kappa shape index (κ2) is 6.48. The van der Waals surface area contributed by atoms with Crippen LogP contribution in [0.5, 0.6) is 11.5 Å². The molecule has 3 rings (SSSR count). The molecule has 0 atom stereocenters. The van der Waals surface area contributed by atoms with Crippen LogP contribution >= 0.6 is 0 Å². The Labute approximate surface area is 127 Å². The van der Waals surface area contributed by atoms with Gasteiger partial charge in [-0.05, 0) is 18.2 Å². The van der Waals surface area contributed by atoms with Crippen molar-refractivity contribution in [1.29, 1.82) is 0 Å². The molecule has 1 aromatic carbocycles. The predicted molar refractivity (Wildman–Crippen MR) is 76.7 cm³/mol. The smallest absolute Gasteiger partial charge is 0.246 e. The Balaban J connectivity index is 1.69. The van der Waals surface area contributed by atoms with E-state index in [0.29, 0.717) is 30.4 Å². The van der Waals surface area contributed by atoms with Crippen LogP contribution in [-0.4, -0.2) is 38.0 Å². The summed E-state index contributed by atoms with van der Waals surface area (Å²) in [5, 5.41) is 6.62. The summed E-state index contributed by atoms with van der Waals surface area (Å²) in [5.74, 6) is 1.82. The fraction of sp³-hybridized carbons (Fsp3) is 0.333. The van der Waals surface area contributed by atoms with Crippen LogP contribution in [0.2, 0.25) is 0 Å². The third-order valence-electron chi connectivity index (χ3n) is 3.13. The van der Waals surface area contributed by atoms with Crippen LogP contribution in [0.4, 0.5) is 0 Å². The lowest BCUT2D eigenvalue weighted by molar-refractivity contribution is -0.124. The van der Waals surface area contributed by atoms with Gasteiger partial charge in [0.15, 0.2) is 17.3 Å². The van der Waals surface area contributed by atoms with E-state index in [1.54, 1.807) is 6.07 Å². The van der Waals surface area contributed by atoms with Gasteiger partial charge in [-0.15, -0.1) is 0 Å². The highest BCUT2D eigenvalue weighted by Gasteiger charge is 2.15. The Morgan fingerprint density at radius 2 is 2.09 bits per heavy atom. The number of rotatable bonds is 5. The second-order valence-corrected chi connectivity index (χ2v) is 4.75. The number of nitrogens with one attached hydrogen (secondary N) is 1. The molecule has 1 N–H and O–H groups in total. The minimum Gasteiger partial charge on any atom is -0.486 e. The summed E-state index contributed by atoms with van der Waals surface area (Å²) in [6.45, 7) is 1.40. The van der Waals surface area contributed by atoms with Crippen molar-refractivity contribution in [3.63, 3.8) is 0 Å². The van der Waals surface area contributed by atoms with Crippen LogP contribution in [0.15, 0.2) is 28.8 Å². The first-order valence-electron chi connectivity index (χ1n) is 6.87. The van der Waals surface area contributed by atoms with E-state index in [1.807, 2.05) is 18.2 Å². The van der Waals surface area contributed by atoms with Crippen LogP contribution in [0.1, 0.15) is 5.69 Å². The zero-order valence-corrected chi connectivity index (χ0v) is 12.1. The van der Waals surface area contributed by atoms with Crippen molar-refractivity contribution >= 4 is 5.91 Å². The minimum atomic E-state index is -0.202. The van der Waals surface area contributed by atoms with E-state index in [9.17, 15) is 4.79 Å². The lowest BCUT2D eigenvalue weighted by Crippen LogP contribution is -2.26. The number of fused-ring (bicyclic) bond motifs is 1. The van der Waals surface area contributed by atoms with Crippen molar-refractivity contribution in [2.45, 2.75) is 6.54 Å².